The van der Waals surface area contributed by atoms with Crippen LogP contribution >= 0.6 is 11.3 Å². The summed E-state index contributed by atoms with van der Waals surface area (Å²) in [5.41, 5.74) is 0. The van der Waals surface area contributed by atoms with Crippen LogP contribution in [0.4, 0.5) is 0 Å². The van der Waals surface area contributed by atoms with Crippen molar-refractivity contribution in [1.82, 2.24) is 4.57 Å². The van der Waals surface area contributed by atoms with Crippen LogP contribution in [0.25, 0.3) is 0 Å². The van der Waals surface area contributed by atoms with Gasteiger partial charge in [-0.15, -0.1) is 0 Å². The van der Waals surface area contributed by atoms with Crippen LogP contribution in [0.15, 0.2) is 39.2 Å². The molecule has 0 amide bonds. The molecule has 0 fully saturated rings. The van der Waals surface area contributed by atoms with Crippen LogP contribution in [-0.4, -0.2) is 10.4 Å². The third-order valence-corrected chi connectivity index (χ3v) is 2.45. The van der Waals surface area contributed by atoms with Crippen molar-refractivity contribution in [2.75, 3.05) is 0 Å². The molecule has 4 nitrogen and oxygen atoms in total. The van der Waals surface area contributed by atoms with Crippen LogP contribution in [0.5, 0.6) is 0 Å². The molecule has 0 saturated carbocycles. The van der Waals surface area contributed by atoms with Gasteiger partial charge in [-0.3, -0.25) is 14.2 Å². The third-order valence-electron chi connectivity index (χ3n) is 1.75. The molecule has 14 heavy (non-hydrogen) atoms. The largest absolute Gasteiger partial charge is 0.461 e. The average Bonchev–Trinajstić information content (AvgIpc) is 2.77. The third kappa shape index (κ3) is 1.67. The van der Waals surface area contributed by atoms with E-state index in [9.17, 15) is 9.59 Å². The van der Waals surface area contributed by atoms with Gasteiger partial charge in [-0.05, 0) is 12.1 Å². The van der Waals surface area contributed by atoms with Gasteiger partial charge < -0.3 is 4.42 Å². The Morgan fingerprint density at radius 3 is 3.00 bits per heavy atom. The normalized spacial score (nSPS) is 10.3. The summed E-state index contributed by atoms with van der Waals surface area (Å²) in [7, 11) is 0. The first kappa shape index (κ1) is 8.96. The number of ketones is 1. The second-order valence-electron chi connectivity index (χ2n) is 2.70. The molecule has 2 aromatic heterocycles. The van der Waals surface area contributed by atoms with Crippen LogP contribution in [0, 0.1) is 0 Å². The van der Waals surface area contributed by atoms with E-state index in [0.717, 1.165) is 11.3 Å². The predicted octanol–water partition coefficient (Wildman–Crippen LogP) is 1.39. The number of rotatable bonds is 3. The van der Waals surface area contributed by atoms with E-state index in [1.807, 2.05) is 0 Å². The highest BCUT2D eigenvalue weighted by atomic mass is 32.1. The molecule has 0 saturated heterocycles. The summed E-state index contributed by atoms with van der Waals surface area (Å²) in [6.45, 7) is 0.0375. The van der Waals surface area contributed by atoms with Crippen molar-refractivity contribution in [2.45, 2.75) is 6.54 Å². The van der Waals surface area contributed by atoms with E-state index in [2.05, 4.69) is 0 Å². The molecular formula is C9H7NO3S. The van der Waals surface area contributed by atoms with Crippen LogP contribution in [-0.2, 0) is 6.54 Å². The molecule has 72 valence electrons. The number of aromatic nitrogens is 1. The Bertz CT molecular complexity index is 480. The number of hydrogen-bond acceptors (Lipinski definition) is 4. The van der Waals surface area contributed by atoms with E-state index in [4.69, 9.17) is 4.42 Å². The molecule has 0 unspecified atom stereocenters. The number of Topliss-reactive ketones (excluding diaryl/α,β-unsaturated/α-hetero) is 1. The van der Waals surface area contributed by atoms with Gasteiger partial charge in [0.1, 0.15) is 0 Å². The van der Waals surface area contributed by atoms with E-state index < -0.39 is 0 Å². The molecular weight excluding hydrogens is 202 g/mol. The zero-order valence-corrected chi connectivity index (χ0v) is 7.99. The van der Waals surface area contributed by atoms with Crippen LogP contribution in [0.2, 0.25) is 0 Å². The first-order valence-corrected chi connectivity index (χ1v) is 4.86. The minimum absolute atomic E-state index is 0.0375. The minimum Gasteiger partial charge on any atom is -0.461 e. The summed E-state index contributed by atoms with van der Waals surface area (Å²) in [5.74, 6) is 0.0820. The summed E-state index contributed by atoms with van der Waals surface area (Å²) in [6, 6.07) is 3.23. The molecule has 5 heteroatoms. The standard InChI is InChI=1S/C9H7NO3S/c11-7(8-2-1-4-13-8)6-10-3-5-14-9(10)12/h1-5H,6H2. The summed E-state index contributed by atoms with van der Waals surface area (Å²) in [5, 5.41) is 1.65. The van der Waals surface area contributed by atoms with Gasteiger partial charge in [0.2, 0.25) is 5.78 Å². The van der Waals surface area contributed by atoms with Gasteiger partial charge in [0.05, 0.1) is 12.8 Å². The first-order chi connectivity index (χ1) is 6.77. The van der Waals surface area contributed by atoms with Gasteiger partial charge in [0.15, 0.2) is 5.76 Å². The predicted molar refractivity (Wildman–Crippen MR) is 51.6 cm³/mol. The van der Waals surface area contributed by atoms with Gasteiger partial charge in [-0.1, -0.05) is 11.3 Å². The average molecular weight is 209 g/mol. The Balaban J connectivity index is 2.17. The van der Waals surface area contributed by atoms with Crippen molar-refractivity contribution in [3.63, 3.8) is 0 Å². The van der Waals surface area contributed by atoms with Crippen LogP contribution in [0.1, 0.15) is 10.6 Å². The zero-order valence-electron chi connectivity index (χ0n) is 7.17. The first-order valence-electron chi connectivity index (χ1n) is 3.98. The summed E-state index contributed by atoms with van der Waals surface area (Å²) in [6.07, 6.45) is 3.03. The lowest BCUT2D eigenvalue weighted by atomic mass is 10.3. The van der Waals surface area contributed by atoms with E-state index >= 15 is 0 Å². The lowest BCUT2D eigenvalue weighted by molar-refractivity contribution is 0.0944. The van der Waals surface area contributed by atoms with E-state index in [-0.39, 0.29) is 23.0 Å². The fourth-order valence-corrected chi connectivity index (χ4v) is 1.66. The SMILES string of the molecule is O=C(Cn1ccsc1=O)c1ccco1. The molecule has 0 radical (unpaired) electrons. The highest BCUT2D eigenvalue weighted by Crippen LogP contribution is 2.02. The van der Waals surface area contributed by atoms with Gasteiger partial charge >= 0.3 is 4.87 Å². The molecule has 2 aromatic rings. The fraction of sp³-hybridized carbons (Fsp3) is 0.111. The quantitative estimate of drug-likeness (QED) is 0.718. The topological polar surface area (TPSA) is 52.2 Å². The highest BCUT2D eigenvalue weighted by Gasteiger charge is 2.10. The lowest BCUT2D eigenvalue weighted by Gasteiger charge is -1.96. The second-order valence-corrected chi connectivity index (χ2v) is 3.55. The Kier molecular flexibility index (Phi) is 2.32. The number of thiazole rings is 1. The van der Waals surface area contributed by atoms with Crippen molar-refractivity contribution >= 4 is 17.1 Å². The van der Waals surface area contributed by atoms with Crippen molar-refractivity contribution < 1.29 is 9.21 Å². The summed E-state index contributed by atoms with van der Waals surface area (Å²) < 4.78 is 6.28. The monoisotopic (exact) mass is 209 g/mol. The molecule has 2 rings (SSSR count). The number of carbonyl (C=O) groups is 1. The van der Waals surface area contributed by atoms with Crippen molar-refractivity contribution in [1.29, 1.82) is 0 Å². The Labute approximate surface area is 83.4 Å². The van der Waals surface area contributed by atoms with E-state index in [0.29, 0.717) is 0 Å². The second kappa shape index (κ2) is 3.63. The smallest absolute Gasteiger partial charge is 0.307 e. The van der Waals surface area contributed by atoms with Crippen LogP contribution < -0.4 is 4.87 Å². The van der Waals surface area contributed by atoms with E-state index in [1.165, 1.54) is 10.8 Å². The lowest BCUT2D eigenvalue weighted by Crippen LogP contribution is -2.18. The maximum atomic E-state index is 11.5. The summed E-state index contributed by atoms with van der Waals surface area (Å²) in [4.78, 5) is 22.5. The Hall–Kier alpha value is -1.62. The Morgan fingerprint density at radius 2 is 2.43 bits per heavy atom. The zero-order chi connectivity index (χ0) is 9.97. The van der Waals surface area contributed by atoms with Crippen molar-refractivity contribution in [2.24, 2.45) is 0 Å². The minimum atomic E-state index is -0.199. The molecule has 0 aliphatic carbocycles. The van der Waals surface area contributed by atoms with Gasteiger partial charge in [0.25, 0.3) is 0 Å². The van der Waals surface area contributed by atoms with E-state index in [1.54, 1.807) is 23.7 Å². The maximum absolute atomic E-state index is 11.5. The van der Waals surface area contributed by atoms with Gasteiger partial charge in [-0.2, -0.15) is 0 Å². The molecule has 2 heterocycles. The number of carbonyl (C=O) groups excluding carboxylic acids is 1. The molecule has 0 aromatic carbocycles. The number of furan rings is 1. The molecule has 0 spiro atoms. The molecule has 0 atom stereocenters. The molecule has 0 aliphatic heterocycles. The highest BCUT2D eigenvalue weighted by molar-refractivity contribution is 7.07. The Morgan fingerprint density at radius 1 is 1.57 bits per heavy atom. The summed E-state index contributed by atoms with van der Waals surface area (Å²) >= 11 is 1.07. The number of hydrogen-bond donors (Lipinski definition) is 0. The van der Waals surface area contributed by atoms with Gasteiger partial charge in [-0.25, -0.2) is 0 Å². The van der Waals surface area contributed by atoms with Crippen molar-refractivity contribution in [3.8, 4) is 0 Å². The maximum Gasteiger partial charge on any atom is 0.307 e. The van der Waals surface area contributed by atoms with Crippen molar-refractivity contribution in [3.05, 3.63) is 45.4 Å². The van der Waals surface area contributed by atoms with Gasteiger partial charge in [0, 0.05) is 11.6 Å². The molecule has 0 N–H and O–H groups in total. The number of nitrogens with zero attached hydrogens (tertiary/aromatic N) is 1. The van der Waals surface area contributed by atoms with Crippen LogP contribution in [0.3, 0.4) is 0 Å². The molecule has 0 aliphatic rings. The molecule has 0 bridgehead atoms. The fourth-order valence-electron chi connectivity index (χ4n) is 1.08.